The van der Waals surface area contributed by atoms with E-state index in [1.165, 1.54) is 36.9 Å². The average molecular weight is 470 g/mol. The van der Waals surface area contributed by atoms with Crippen LogP contribution >= 0.6 is 11.8 Å². The Hall–Kier alpha value is -3.73. The maximum Gasteiger partial charge on any atom is 0.270 e. The van der Waals surface area contributed by atoms with Gasteiger partial charge in [0.05, 0.1) is 23.5 Å². The first-order chi connectivity index (χ1) is 15.9. The number of nitro benzene ring substituents is 1. The number of thioether (sulfide) groups is 1. The number of carbonyl (C=O) groups excluding carboxylic acids is 2. The number of benzene rings is 2. The Bertz CT molecular complexity index is 1160. The van der Waals surface area contributed by atoms with Gasteiger partial charge in [-0.3, -0.25) is 24.3 Å². The van der Waals surface area contributed by atoms with Gasteiger partial charge in [-0.1, -0.05) is 30.0 Å². The zero-order valence-corrected chi connectivity index (χ0v) is 19.0. The second-order valence-corrected chi connectivity index (χ2v) is 7.98. The lowest BCUT2D eigenvalue weighted by Crippen LogP contribution is -2.21. The average Bonchev–Trinajstić information content (AvgIpc) is 3.23. The molecule has 0 aliphatic rings. The van der Waals surface area contributed by atoms with Gasteiger partial charge in [0.25, 0.3) is 5.69 Å². The Labute approximate surface area is 194 Å². The molecular weight excluding hydrogens is 446 g/mol. The van der Waals surface area contributed by atoms with Gasteiger partial charge in [0.15, 0.2) is 10.9 Å². The van der Waals surface area contributed by atoms with Crippen molar-refractivity contribution in [3.63, 3.8) is 0 Å². The number of nitrogens with one attached hydrogen (secondary N) is 1. The molecule has 0 bridgehead atoms. The van der Waals surface area contributed by atoms with Crippen LogP contribution < -0.4 is 10.1 Å². The van der Waals surface area contributed by atoms with Crippen molar-refractivity contribution < 1.29 is 19.2 Å². The molecule has 2 aromatic carbocycles. The standard InChI is InChI=1S/C22H23N5O5S/c1-15(28)23-11-5-10-21-24-25-22(26(21)17-7-4-9-19(13-17)32-2)33-14-20(29)16-6-3-8-18(12-16)27(30)31/h3-4,6-9,12-13H,5,10-11,14H2,1-2H3,(H,23,28). The van der Waals surface area contributed by atoms with Crippen LogP contribution in [-0.2, 0) is 11.2 Å². The minimum atomic E-state index is -0.531. The SMILES string of the molecule is COc1cccc(-n2c(CCCNC(C)=O)nnc2SCC(=O)c2cccc([N+](=O)[O-])c2)c1. The highest BCUT2D eigenvalue weighted by Crippen LogP contribution is 2.26. The molecule has 1 N–H and O–H groups in total. The highest BCUT2D eigenvalue weighted by molar-refractivity contribution is 7.99. The van der Waals surface area contributed by atoms with E-state index in [2.05, 4.69) is 15.5 Å². The minimum absolute atomic E-state index is 0.0369. The van der Waals surface area contributed by atoms with Crippen LogP contribution in [0.2, 0.25) is 0 Å². The van der Waals surface area contributed by atoms with Crippen molar-refractivity contribution in [2.24, 2.45) is 0 Å². The zero-order chi connectivity index (χ0) is 23.8. The molecule has 0 spiro atoms. The van der Waals surface area contributed by atoms with Crippen LogP contribution in [-0.4, -0.2) is 50.8 Å². The lowest BCUT2D eigenvalue weighted by atomic mass is 10.1. The van der Waals surface area contributed by atoms with Gasteiger partial charge < -0.3 is 10.1 Å². The van der Waals surface area contributed by atoms with Gasteiger partial charge in [-0.2, -0.15) is 0 Å². The fourth-order valence-corrected chi connectivity index (χ4v) is 3.95. The third-order valence-corrected chi connectivity index (χ3v) is 5.60. The van der Waals surface area contributed by atoms with Gasteiger partial charge >= 0.3 is 0 Å². The number of Topliss-reactive ketones (excluding diaryl/α,β-unsaturated/α-hetero) is 1. The number of aromatic nitrogens is 3. The molecule has 0 atom stereocenters. The van der Waals surface area contributed by atoms with Crippen LogP contribution in [0.3, 0.4) is 0 Å². The van der Waals surface area contributed by atoms with E-state index in [0.717, 1.165) is 5.69 Å². The third kappa shape index (κ3) is 6.39. The zero-order valence-electron chi connectivity index (χ0n) is 18.2. The monoisotopic (exact) mass is 469 g/mol. The summed E-state index contributed by atoms with van der Waals surface area (Å²) in [6.07, 6.45) is 1.23. The molecule has 3 rings (SSSR count). The number of carbonyl (C=O) groups is 2. The summed E-state index contributed by atoms with van der Waals surface area (Å²) in [5.41, 5.74) is 0.908. The van der Waals surface area contributed by atoms with Gasteiger partial charge in [0.1, 0.15) is 11.6 Å². The number of amides is 1. The third-order valence-electron chi connectivity index (χ3n) is 4.67. The van der Waals surface area contributed by atoms with Crippen molar-refractivity contribution in [3.8, 4) is 11.4 Å². The number of non-ortho nitro benzene ring substituents is 1. The quantitative estimate of drug-likeness (QED) is 0.149. The molecule has 11 heteroatoms. The van der Waals surface area contributed by atoms with E-state index in [4.69, 9.17) is 4.74 Å². The summed E-state index contributed by atoms with van der Waals surface area (Å²) >= 11 is 1.20. The van der Waals surface area contributed by atoms with E-state index < -0.39 is 4.92 Å². The molecular formula is C22H23N5O5S. The molecule has 1 heterocycles. The van der Waals surface area contributed by atoms with Crippen LogP contribution in [0, 0.1) is 10.1 Å². The topological polar surface area (TPSA) is 129 Å². The van der Waals surface area contributed by atoms with Crippen LogP contribution in [0.15, 0.2) is 53.7 Å². The number of hydrogen-bond acceptors (Lipinski definition) is 8. The van der Waals surface area contributed by atoms with Crippen molar-refractivity contribution in [1.82, 2.24) is 20.1 Å². The maximum absolute atomic E-state index is 12.7. The number of rotatable bonds is 11. The lowest BCUT2D eigenvalue weighted by Gasteiger charge is -2.11. The van der Waals surface area contributed by atoms with Gasteiger partial charge in [-0.15, -0.1) is 10.2 Å². The molecule has 0 saturated carbocycles. The minimum Gasteiger partial charge on any atom is -0.497 e. The maximum atomic E-state index is 12.7. The molecule has 0 saturated heterocycles. The van der Waals surface area contributed by atoms with Gasteiger partial charge in [-0.25, -0.2) is 0 Å². The lowest BCUT2D eigenvalue weighted by molar-refractivity contribution is -0.384. The fourth-order valence-electron chi connectivity index (χ4n) is 3.08. The van der Waals surface area contributed by atoms with E-state index in [9.17, 15) is 19.7 Å². The van der Waals surface area contributed by atoms with Crippen molar-refractivity contribution in [1.29, 1.82) is 0 Å². The summed E-state index contributed by atoms with van der Waals surface area (Å²) in [4.78, 5) is 34.2. The summed E-state index contributed by atoms with van der Waals surface area (Å²) in [6, 6.07) is 13.0. The summed E-state index contributed by atoms with van der Waals surface area (Å²) < 4.78 is 7.18. The van der Waals surface area contributed by atoms with Crippen LogP contribution in [0.25, 0.3) is 5.69 Å². The van der Waals surface area contributed by atoms with Gasteiger partial charge in [-0.05, 0) is 18.6 Å². The van der Waals surface area contributed by atoms with Crippen molar-refractivity contribution in [2.45, 2.75) is 24.9 Å². The molecule has 1 amide bonds. The highest BCUT2D eigenvalue weighted by atomic mass is 32.2. The number of nitrogens with zero attached hydrogens (tertiary/aromatic N) is 4. The van der Waals surface area contributed by atoms with Crippen molar-refractivity contribution in [3.05, 3.63) is 70.0 Å². The fraction of sp³-hybridized carbons (Fsp3) is 0.273. The Morgan fingerprint density at radius 2 is 1.97 bits per heavy atom. The first kappa shape index (κ1) is 23.9. The first-order valence-corrected chi connectivity index (χ1v) is 11.1. The molecule has 0 aliphatic carbocycles. The highest BCUT2D eigenvalue weighted by Gasteiger charge is 2.18. The van der Waals surface area contributed by atoms with Gasteiger partial charge in [0.2, 0.25) is 5.91 Å². The first-order valence-electron chi connectivity index (χ1n) is 10.1. The number of ether oxygens (including phenoxy) is 1. The summed E-state index contributed by atoms with van der Waals surface area (Å²) in [5.74, 6) is 1.03. The second-order valence-electron chi connectivity index (χ2n) is 7.04. The Kier molecular flexibility index (Phi) is 8.14. The number of hydrogen-bond donors (Lipinski definition) is 1. The van der Waals surface area contributed by atoms with Gasteiger partial charge in [0, 0.05) is 43.7 Å². The number of ketones is 1. The Balaban J connectivity index is 1.81. The Morgan fingerprint density at radius 3 is 2.70 bits per heavy atom. The van der Waals surface area contributed by atoms with E-state index in [-0.39, 0.29) is 28.7 Å². The van der Waals surface area contributed by atoms with Crippen LogP contribution in [0.5, 0.6) is 5.75 Å². The molecule has 33 heavy (non-hydrogen) atoms. The molecule has 3 aromatic rings. The normalized spacial score (nSPS) is 10.6. The molecule has 0 radical (unpaired) electrons. The molecule has 0 fully saturated rings. The smallest absolute Gasteiger partial charge is 0.270 e. The Morgan fingerprint density at radius 1 is 1.18 bits per heavy atom. The van der Waals surface area contributed by atoms with E-state index in [0.29, 0.717) is 36.1 Å². The molecule has 10 nitrogen and oxygen atoms in total. The summed E-state index contributed by atoms with van der Waals surface area (Å²) in [6.45, 7) is 1.97. The largest absolute Gasteiger partial charge is 0.497 e. The molecule has 1 aromatic heterocycles. The van der Waals surface area contributed by atoms with E-state index in [1.807, 2.05) is 28.8 Å². The van der Waals surface area contributed by atoms with Crippen molar-refractivity contribution in [2.75, 3.05) is 19.4 Å². The predicted molar refractivity (Wildman–Crippen MR) is 123 cm³/mol. The predicted octanol–water partition coefficient (Wildman–Crippen LogP) is 3.23. The number of nitro groups is 1. The van der Waals surface area contributed by atoms with Crippen LogP contribution in [0.4, 0.5) is 5.69 Å². The molecule has 0 aliphatic heterocycles. The summed E-state index contributed by atoms with van der Waals surface area (Å²) in [7, 11) is 1.58. The van der Waals surface area contributed by atoms with Crippen molar-refractivity contribution >= 4 is 29.1 Å². The molecule has 0 unspecified atom stereocenters. The van der Waals surface area contributed by atoms with Crippen LogP contribution in [0.1, 0.15) is 29.5 Å². The van der Waals surface area contributed by atoms with E-state index >= 15 is 0 Å². The number of methoxy groups -OCH3 is 1. The summed E-state index contributed by atoms with van der Waals surface area (Å²) in [5, 5.41) is 22.8. The molecule has 172 valence electrons. The number of aryl methyl sites for hydroxylation is 1. The van der Waals surface area contributed by atoms with E-state index in [1.54, 1.807) is 13.2 Å². The second kappa shape index (κ2) is 11.2.